The van der Waals surface area contributed by atoms with Crippen molar-refractivity contribution in [2.45, 2.75) is 113 Å². The molecule has 0 N–H and O–H groups in total. The average Bonchev–Trinajstić information content (AvgIpc) is 2.59. The van der Waals surface area contributed by atoms with Gasteiger partial charge in [-0.1, -0.05) is 57.8 Å². The maximum atomic E-state index is 4.81. The van der Waals surface area contributed by atoms with Crippen molar-refractivity contribution in [3.05, 3.63) is 0 Å². The summed E-state index contributed by atoms with van der Waals surface area (Å²) in [4.78, 5) is 0. The van der Waals surface area contributed by atoms with Gasteiger partial charge in [0.05, 0.1) is 0 Å². The maximum absolute atomic E-state index is 4.81. The van der Waals surface area contributed by atoms with Gasteiger partial charge in [0, 0.05) is 0 Å². The zero-order valence-electron chi connectivity index (χ0n) is 15.1. The van der Waals surface area contributed by atoms with Crippen LogP contribution in [-0.4, -0.2) is 17.0 Å². The van der Waals surface area contributed by atoms with Gasteiger partial charge < -0.3 is 0 Å². The molecule has 24 heavy (non-hydrogen) atoms. The molecule has 3 saturated carbocycles. The molecule has 0 saturated heterocycles. The van der Waals surface area contributed by atoms with E-state index in [9.17, 15) is 0 Å². The van der Waals surface area contributed by atoms with Crippen LogP contribution in [0.1, 0.15) is 96.3 Å². The molecular weight excluding hydrogens is 486 g/mol. The molecule has 3 aliphatic rings. The molecule has 0 radical (unpaired) electrons. The first-order chi connectivity index (χ1) is 11.6. The molecule has 3 unspecified atom stereocenters. The summed E-state index contributed by atoms with van der Waals surface area (Å²) < 4.78 is 0. The fourth-order valence-corrected chi connectivity index (χ4v) is 4.82. The summed E-state index contributed by atoms with van der Waals surface area (Å²) in [5.74, 6) is 0. The Balaban J connectivity index is 0.000000306. The first-order valence-electron chi connectivity index (χ1n) is 9.69. The average molecular weight is 526 g/mol. The van der Waals surface area contributed by atoms with Crippen molar-refractivity contribution in [2.75, 3.05) is 0 Å². The molecule has 3 atom stereocenters. The molecule has 150 valence electrons. The zero-order valence-corrected chi connectivity index (χ0v) is 21.7. The number of hydrogen-bond acceptors (Lipinski definition) is 0. The summed E-state index contributed by atoms with van der Waals surface area (Å²) in [6.07, 6.45) is 21.9. The molecule has 3 fully saturated rings. The Labute approximate surface area is 175 Å². The Kier molecular flexibility index (Phi) is 22.4. The quantitative estimate of drug-likeness (QED) is 0.222. The van der Waals surface area contributed by atoms with Crippen LogP contribution in [0.2, 0.25) is 0 Å². The van der Waals surface area contributed by atoms with Crippen LogP contribution in [-0.2, 0) is 15.9 Å². The SMILES string of the molecule is PC1CCCCC1.PC1CCCCC1.PC1CCCCC1.[Cl][Pd][Cl]. The van der Waals surface area contributed by atoms with Crippen molar-refractivity contribution in [3.8, 4) is 0 Å². The summed E-state index contributed by atoms with van der Waals surface area (Å²) in [6, 6.07) is 0. The minimum atomic E-state index is -0.106. The Bertz CT molecular complexity index is 204. The predicted octanol–water partition coefficient (Wildman–Crippen LogP) is 7.96. The van der Waals surface area contributed by atoms with Crippen LogP contribution in [0.4, 0.5) is 0 Å². The third-order valence-electron chi connectivity index (χ3n) is 4.95. The predicted molar refractivity (Wildman–Crippen MR) is 121 cm³/mol. The number of halogens is 2. The van der Waals surface area contributed by atoms with Gasteiger partial charge in [0.25, 0.3) is 0 Å². The zero-order chi connectivity index (χ0) is 18.0. The van der Waals surface area contributed by atoms with E-state index in [1.54, 1.807) is 0 Å². The van der Waals surface area contributed by atoms with Crippen LogP contribution in [0.15, 0.2) is 0 Å². The number of rotatable bonds is 0. The molecule has 3 rings (SSSR count). The van der Waals surface area contributed by atoms with Gasteiger partial charge in [-0.05, 0) is 55.5 Å². The van der Waals surface area contributed by atoms with E-state index in [0.717, 1.165) is 17.0 Å². The summed E-state index contributed by atoms with van der Waals surface area (Å²) in [7, 11) is 18.3. The van der Waals surface area contributed by atoms with Crippen LogP contribution < -0.4 is 0 Å². The Hall–Kier alpha value is 2.53. The van der Waals surface area contributed by atoms with E-state index in [1.807, 2.05) is 0 Å². The molecule has 3 aliphatic carbocycles. The van der Waals surface area contributed by atoms with Gasteiger partial charge in [0.15, 0.2) is 0 Å². The molecular formula is C18H39Cl2P3Pd. The second-order valence-corrected chi connectivity index (χ2v) is 12.4. The van der Waals surface area contributed by atoms with Crippen molar-refractivity contribution in [1.29, 1.82) is 0 Å². The monoisotopic (exact) mass is 524 g/mol. The fourth-order valence-electron chi connectivity index (χ4n) is 3.40. The Morgan fingerprint density at radius 2 is 0.625 bits per heavy atom. The van der Waals surface area contributed by atoms with Crippen molar-refractivity contribution >= 4 is 46.8 Å². The first-order valence-corrected chi connectivity index (χ1v) is 15.7. The molecule has 0 aromatic rings. The summed E-state index contributed by atoms with van der Waals surface area (Å²) in [5.41, 5.74) is 2.86. The Morgan fingerprint density at radius 1 is 0.458 bits per heavy atom. The standard InChI is InChI=1S/3C6H13P.2ClH.Pd/c3*7-6-4-2-1-3-5-6;;;/h3*6H,1-5,7H2;2*1H;/q;;;;;+2/p-2. The van der Waals surface area contributed by atoms with Gasteiger partial charge in [0.1, 0.15) is 0 Å². The van der Waals surface area contributed by atoms with E-state index in [2.05, 4.69) is 27.7 Å². The number of hydrogen-bond donors (Lipinski definition) is 0. The van der Waals surface area contributed by atoms with Crippen LogP contribution in [0.5, 0.6) is 0 Å². The van der Waals surface area contributed by atoms with Crippen molar-refractivity contribution in [3.63, 3.8) is 0 Å². The van der Waals surface area contributed by atoms with Gasteiger partial charge in [-0.15, -0.1) is 27.7 Å². The van der Waals surface area contributed by atoms with Crippen LogP contribution >= 0.6 is 46.8 Å². The van der Waals surface area contributed by atoms with Gasteiger partial charge in [-0.3, -0.25) is 0 Å². The molecule has 0 aliphatic heterocycles. The van der Waals surface area contributed by atoms with E-state index in [1.165, 1.54) is 96.3 Å². The molecule has 0 heterocycles. The molecule has 0 spiro atoms. The summed E-state index contributed by atoms with van der Waals surface area (Å²) in [5, 5.41) is 0. The molecule has 6 heteroatoms. The second-order valence-electron chi connectivity index (χ2n) is 7.24. The van der Waals surface area contributed by atoms with Gasteiger partial charge in [0.2, 0.25) is 0 Å². The first kappa shape index (κ1) is 26.5. The topological polar surface area (TPSA) is 0 Å². The normalized spacial score (nSPS) is 23.0. The Morgan fingerprint density at radius 3 is 0.708 bits per heavy atom. The molecule has 0 bridgehead atoms. The van der Waals surface area contributed by atoms with Gasteiger partial charge in [-0.25, -0.2) is 0 Å². The van der Waals surface area contributed by atoms with E-state index < -0.39 is 0 Å². The third kappa shape index (κ3) is 19.3. The molecule has 0 amide bonds. The van der Waals surface area contributed by atoms with Crippen molar-refractivity contribution < 1.29 is 15.9 Å². The summed E-state index contributed by atoms with van der Waals surface area (Å²) >= 11 is -0.106. The van der Waals surface area contributed by atoms with Crippen molar-refractivity contribution in [1.82, 2.24) is 0 Å². The second kappa shape index (κ2) is 20.3. The summed E-state index contributed by atoms with van der Waals surface area (Å²) in [6.45, 7) is 0. The van der Waals surface area contributed by atoms with Crippen molar-refractivity contribution in [2.24, 2.45) is 0 Å². The van der Waals surface area contributed by atoms with Gasteiger partial charge >= 0.3 is 35.0 Å². The van der Waals surface area contributed by atoms with E-state index in [4.69, 9.17) is 19.1 Å². The van der Waals surface area contributed by atoms with Crippen LogP contribution in [0, 0.1) is 0 Å². The van der Waals surface area contributed by atoms with Crippen LogP contribution in [0.3, 0.4) is 0 Å². The van der Waals surface area contributed by atoms with E-state index in [0.29, 0.717) is 0 Å². The van der Waals surface area contributed by atoms with E-state index in [-0.39, 0.29) is 15.9 Å². The van der Waals surface area contributed by atoms with Gasteiger partial charge in [-0.2, -0.15) is 0 Å². The molecule has 0 nitrogen and oxygen atoms in total. The minimum absolute atomic E-state index is 0.106. The van der Waals surface area contributed by atoms with Crippen LogP contribution in [0.25, 0.3) is 0 Å². The van der Waals surface area contributed by atoms with E-state index >= 15 is 0 Å². The fraction of sp³-hybridized carbons (Fsp3) is 1.00. The third-order valence-corrected chi connectivity index (χ3v) is 6.95. The molecule has 0 aromatic carbocycles. The molecule has 0 aromatic heterocycles.